The summed E-state index contributed by atoms with van der Waals surface area (Å²) in [6, 6.07) is 2.87. The smallest absolute Gasteiger partial charge is 0.140 e. The molecule has 1 aromatic rings. The zero-order valence-corrected chi connectivity index (χ0v) is 10.0. The van der Waals surface area contributed by atoms with Gasteiger partial charge in [-0.2, -0.15) is 0 Å². The molecule has 1 aliphatic heterocycles. The molecule has 16 heavy (non-hydrogen) atoms. The molecule has 0 aromatic heterocycles. The zero-order chi connectivity index (χ0) is 11.5. The van der Waals surface area contributed by atoms with Gasteiger partial charge in [-0.15, -0.1) is 11.8 Å². The van der Waals surface area contributed by atoms with Crippen molar-refractivity contribution in [3.63, 3.8) is 0 Å². The molecule has 1 aromatic carbocycles. The molecule has 88 valence electrons. The molecule has 0 bridgehead atoms. The molecule has 2 rings (SSSR count). The molecule has 0 saturated carbocycles. The maximum atomic E-state index is 13.9. The average molecular weight is 243 g/mol. The first-order chi connectivity index (χ1) is 7.70. The minimum atomic E-state index is -0.348. The van der Waals surface area contributed by atoms with E-state index in [0.717, 1.165) is 19.4 Å². The Kier molecular flexibility index (Phi) is 3.82. The Hall–Kier alpha value is -0.610. The minimum Gasteiger partial charge on any atom is -0.314 e. The van der Waals surface area contributed by atoms with Crippen molar-refractivity contribution in [1.29, 1.82) is 0 Å². The van der Waals surface area contributed by atoms with Gasteiger partial charge in [-0.3, -0.25) is 0 Å². The molecule has 0 spiro atoms. The van der Waals surface area contributed by atoms with E-state index in [1.165, 1.54) is 23.9 Å². The lowest BCUT2D eigenvalue weighted by Gasteiger charge is -2.12. The second kappa shape index (κ2) is 5.15. The van der Waals surface area contributed by atoms with Gasteiger partial charge in [0.15, 0.2) is 0 Å². The van der Waals surface area contributed by atoms with E-state index in [1.807, 2.05) is 0 Å². The molecule has 0 aliphatic carbocycles. The molecule has 1 heterocycles. The van der Waals surface area contributed by atoms with E-state index in [1.54, 1.807) is 6.26 Å². The predicted octanol–water partition coefficient (Wildman–Crippen LogP) is 2.98. The SMILES string of the molecule is CSc1cc(F)cc(CC2CCCN2)c1F. The van der Waals surface area contributed by atoms with Crippen molar-refractivity contribution in [3.05, 3.63) is 29.3 Å². The summed E-state index contributed by atoms with van der Waals surface area (Å²) >= 11 is 1.25. The highest BCUT2D eigenvalue weighted by Gasteiger charge is 2.18. The lowest BCUT2D eigenvalue weighted by Crippen LogP contribution is -2.24. The van der Waals surface area contributed by atoms with Gasteiger partial charge in [0.05, 0.1) is 0 Å². The third kappa shape index (κ3) is 2.55. The summed E-state index contributed by atoms with van der Waals surface area (Å²) in [5, 5.41) is 3.29. The van der Waals surface area contributed by atoms with Gasteiger partial charge in [-0.05, 0) is 49.8 Å². The standard InChI is InChI=1S/C12H15F2NS/c1-16-11-7-9(13)5-8(12(11)14)6-10-3-2-4-15-10/h5,7,10,15H,2-4,6H2,1H3. The van der Waals surface area contributed by atoms with Crippen LogP contribution in [0.15, 0.2) is 17.0 Å². The number of halogens is 2. The van der Waals surface area contributed by atoms with Crippen LogP contribution in [-0.4, -0.2) is 18.8 Å². The second-order valence-corrected chi connectivity index (χ2v) is 4.93. The Morgan fingerprint density at radius 2 is 2.25 bits per heavy atom. The maximum absolute atomic E-state index is 13.9. The zero-order valence-electron chi connectivity index (χ0n) is 9.22. The summed E-state index contributed by atoms with van der Waals surface area (Å²) in [7, 11) is 0. The fourth-order valence-electron chi connectivity index (χ4n) is 2.11. The summed E-state index contributed by atoms with van der Waals surface area (Å²) in [4.78, 5) is 0.396. The predicted molar refractivity (Wildman–Crippen MR) is 62.9 cm³/mol. The van der Waals surface area contributed by atoms with Crippen molar-refractivity contribution in [3.8, 4) is 0 Å². The molecule has 0 radical (unpaired) electrons. The number of thioether (sulfide) groups is 1. The van der Waals surface area contributed by atoms with E-state index >= 15 is 0 Å². The van der Waals surface area contributed by atoms with Crippen LogP contribution >= 0.6 is 11.8 Å². The number of rotatable bonds is 3. The minimum absolute atomic E-state index is 0.261. The number of hydrogen-bond donors (Lipinski definition) is 1. The molecule has 1 fully saturated rings. The van der Waals surface area contributed by atoms with Gasteiger partial charge < -0.3 is 5.32 Å². The lowest BCUT2D eigenvalue weighted by atomic mass is 10.0. The van der Waals surface area contributed by atoms with Crippen LogP contribution < -0.4 is 5.32 Å². The molecule has 4 heteroatoms. The Labute approximate surface area is 98.6 Å². The van der Waals surface area contributed by atoms with Crippen LogP contribution in [0.3, 0.4) is 0 Å². The van der Waals surface area contributed by atoms with Crippen LogP contribution in [0.2, 0.25) is 0 Å². The largest absolute Gasteiger partial charge is 0.314 e. The van der Waals surface area contributed by atoms with Crippen molar-refractivity contribution < 1.29 is 8.78 Å². The van der Waals surface area contributed by atoms with Gasteiger partial charge in [0.1, 0.15) is 11.6 Å². The van der Waals surface area contributed by atoms with E-state index in [9.17, 15) is 8.78 Å². The highest BCUT2D eigenvalue weighted by molar-refractivity contribution is 7.98. The molecular weight excluding hydrogens is 228 g/mol. The topological polar surface area (TPSA) is 12.0 Å². The van der Waals surface area contributed by atoms with Crippen molar-refractivity contribution in [2.45, 2.75) is 30.2 Å². The van der Waals surface area contributed by atoms with Crippen LogP contribution in [0, 0.1) is 11.6 Å². The molecule has 1 aliphatic rings. The average Bonchev–Trinajstić information content (AvgIpc) is 2.75. The molecule has 1 N–H and O–H groups in total. The summed E-state index contributed by atoms with van der Waals surface area (Å²) < 4.78 is 27.2. The maximum Gasteiger partial charge on any atom is 0.140 e. The Balaban J connectivity index is 2.21. The normalized spacial score (nSPS) is 20.3. The van der Waals surface area contributed by atoms with Crippen molar-refractivity contribution in [1.82, 2.24) is 5.32 Å². The third-order valence-electron chi connectivity index (χ3n) is 2.93. The summed E-state index contributed by atoms with van der Waals surface area (Å²) in [6.45, 7) is 0.983. The molecule has 1 unspecified atom stereocenters. The van der Waals surface area contributed by atoms with Gasteiger partial charge in [0.2, 0.25) is 0 Å². The summed E-state index contributed by atoms with van der Waals surface area (Å²) in [5.41, 5.74) is 0.490. The van der Waals surface area contributed by atoms with Gasteiger partial charge in [-0.1, -0.05) is 0 Å². The van der Waals surface area contributed by atoms with Crippen molar-refractivity contribution in [2.75, 3.05) is 12.8 Å². The summed E-state index contributed by atoms with van der Waals surface area (Å²) in [5.74, 6) is -0.610. The van der Waals surface area contributed by atoms with Crippen LogP contribution in [0.25, 0.3) is 0 Å². The van der Waals surface area contributed by atoms with Gasteiger partial charge in [0.25, 0.3) is 0 Å². The van der Waals surface area contributed by atoms with Gasteiger partial charge >= 0.3 is 0 Å². The molecule has 0 amide bonds. The van der Waals surface area contributed by atoms with E-state index in [2.05, 4.69) is 5.32 Å². The van der Waals surface area contributed by atoms with Gasteiger partial charge in [0, 0.05) is 10.9 Å². The van der Waals surface area contributed by atoms with E-state index in [4.69, 9.17) is 0 Å². The van der Waals surface area contributed by atoms with Crippen LogP contribution in [0.5, 0.6) is 0 Å². The molecule has 1 saturated heterocycles. The van der Waals surface area contributed by atoms with E-state index in [0.29, 0.717) is 22.9 Å². The third-order valence-corrected chi connectivity index (χ3v) is 3.66. The summed E-state index contributed by atoms with van der Waals surface area (Å²) in [6.07, 6.45) is 4.51. The highest BCUT2D eigenvalue weighted by Crippen LogP contribution is 2.25. The van der Waals surface area contributed by atoms with E-state index < -0.39 is 0 Å². The van der Waals surface area contributed by atoms with Crippen molar-refractivity contribution >= 4 is 11.8 Å². The number of benzene rings is 1. The molecule has 1 atom stereocenters. The quantitative estimate of drug-likeness (QED) is 0.819. The highest BCUT2D eigenvalue weighted by atomic mass is 32.2. The first-order valence-corrected chi connectivity index (χ1v) is 6.68. The Bertz CT molecular complexity index is 376. The monoisotopic (exact) mass is 243 g/mol. The number of nitrogens with one attached hydrogen (secondary N) is 1. The van der Waals surface area contributed by atoms with Crippen LogP contribution in [0.1, 0.15) is 18.4 Å². The fourth-order valence-corrected chi connectivity index (χ4v) is 2.65. The molecular formula is C12H15F2NS. The fraction of sp³-hybridized carbons (Fsp3) is 0.500. The van der Waals surface area contributed by atoms with Crippen molar-refractivity contribution in [2.24, 2.45) is 0 Å². The van der Waals surface area contributed by atoms with E-state index in [-0.39, 0.29) is 11.6 Å². The van der Waals surface area contributed by atoms with Crippen LogP contribution in [0.4, 0.5) is 8.78 Å². The molecule has 1 nitrogen and oxygen atoms in total. The lowest BCUT2D eigenvalue weighted by molar-refractivity contribution is 0.533. The van der Waals surface area contributed by atoms with Crippen LogP contribution in [-0.2, 0) is 6.42 Å². The first kappa shape index (κ1) is 11.9. The Morgan fingerprint density at radius 1 is 1.44 bits per heavy atom. The number of hydrogen-bond acceptors (Lipinski definition) is 2. The van der Waals surface area contributed by atoms with Gasteiger partial charge in [-0.25, -0.2) is 8.78 Å². The second-order valence-electron chi connectivity index (χ2n) is 4.08. The first-order valence-electron chi connectivity index (χ1n) is 5.46. The Morgan fingerprint density at radius 3 is 2.88 bits per heavy atom.